The molecule has 3 aromatic heterocycles. The lowest BCUT2D eigenvalue weighted by Gasteiger charge is -2.41. The van der Waals surface area contributed by atoms with Crippen LogP contribution in [0.25, 0.3) is 28.0 Å². The van der Waals surface area contributed by atoms with Crippen LogP contribution in [0, 0.1) is 5.82 Å². The molecule has 0 spiro atoms. The summed E-state index contributed by atoms with van der Waals surface area (Å²) in [4.78, 5) is 30.4. The van der Waals surface area contributed by atoms with E-state index in [1.165, 1.54) is 18.5 Å². The van der Waals surface area contributed by atoms with E-state index in [-0.39, 0.29) is 18.0 Å². The number of carbonyl (C=O) groups is 1. The topological polar surface area (TPSA) is 76.4 Å². The average molecular weight is 489 g/mol. The summed E-state index contributed by atoms with van der Waals surface area (Å²) in [6.45, 7) is 9.26. The van der Waals surface area contributed by atoms with Gasteiger partial charge in [0.2, 0.25) is 0 Å². The van der Waals surface area contributed by atoms with Crippen molar-refractivity contribution >= 4 is 22.9 Å². The molecule has 1 fully saturated rings. The molecular weight excluding hydrogens is 459 g/mol. The van der Waals surface area contributed by atoms with E-state index in [4.69, 9.17) is 4.74 Å². The smallest absolute Gasteiger partial charge is 0.410 e. The number of pyridine rings is 1. The number of nitrogens with zero attached hydrogens (tertiary/aromatic N) is 6. The van der Waals surface area contributed by atoms with Crippen molar-refractivity contribution in [2.75, 3.05) is 24.5 Å². The average Bonchev–Trinajstić information content (AvgIpc) is 3.24. The predicted molar refractivity (Wildman–Crippen MR) is 137 cm³/mol. The van der Waals surface area contributed by atoms with Crippen molar-refractivity contribution in [3.8, 4) is 16.9 Å². The second kappa shape index (κ2) is 9.22. The van der Waals surface area contributed by atoms with Crippen LogP contribution in [0.15, 0.2) is 61.2 Å². The molecule has 5 rings (SSSR count). The van der Waals surface area contributed by atoms with Crippen molar-refractivity contribution in [1.82, 2.24) is 24.4 Å². The Labute approximate surface area is 209 Å². The SMILES string of the molecule is C[C@H]1CN(C(=O)OC(C)(C)C)CCN1c1ncnc2c1c(-c1ccccn1)cn2-c1cccc(F)c1. The second-order valence-corrected chi connectivity index (χ2v) is 9.97. The highest BCUT2D eigenvalue weighted by molar-refractivity contribution is 6.01. The number of rotatable bonds is 3. The summed E-state index contributed by atoms with van der Waals surface area (Å²) in [6, 6.07) is 12.1. The first kappa shape index (κ1) is 23.7. The zero-order chi connectivity index (χ0) is 25.4. The van der Waals surface area contributed by atoms with Crippen LogP contribution in [0.4, 0.5) is 15.0 Å². The third kappa shape index (κ3) is 4.60. The summed E-state index contributed by atoms with van der Waals surface area (Å²) < 4.78 is 21.5. The molecule has 1 atom stereocenters. The first-order chi connectivity index (χ1) is 17.2. The Morgan fingerprint density at radius 3 is 2.61 bits per heavy atom. The minimum absolute atomic E-state index is 0.0153. The summed E-state index contributed by atoms with van der Waals surface area (Å²) in [7, 11) is 0. The molecule has 0 bridgehead atoms. The van der Waals surface area contributed by atoms with E-state index in [1.807, 2.05) is 55.8 Å². The molecule has 0 N–H and O–H groups in total. The van der Waals surface area contributed by atoms with Crippen LogP contribution in [0.2, 0.25) is 0 Å². The van der Waals surface area contributed by atoms with Crippen LogP contribution in [-0.2, 0) is 4.74 Å². The van der Waals surface area contributed by atoms with E-state index in [1.54, 1.807) is 17.2 Å². The fourth-order valence-electron chi connectivity index (χ4n) is 4.57. The molecule has 0 aliphatic carbocycles. The summed E-state index contributed by atoms with van der Waals surface area (Å²) in [6.07, 6.45) is 4.89. The number of hydrogen-bond acceptors (Lipinski definition) is 6. The van der Waals surface area contributed by atoms with Crippen LogP contribution in [0.3, 0.4) is 0 Å². The molecule has 1 aliphatic heterocycles. The van der Waals surface area contributed by atoms with Gasteiger partial charge in [0.1, 0.15) is 23.6 Å². The van der Waals surface area contributed by atoms with Crippen molar-refractivity contribution in [1.29, 1.82) is 0 Å². The van der Waals surface area contributed by atoms with Gasteiger partial charge in [-0.1, -0.05) is 12.1 Å². The number of ether oxygens (including phenoxy) is 1. The monoisotopic (exact) mass is 488 g/mol. The highest BCUT2D eigenvalue weighted by Gasteiger charge is 2.32. The van der Waals surface area contributed by atoms with Crippen LogP contribution in [0.5, 0.6) is 0 Å². The number of aromatic nitrogens is 4. The molecule has 36 heavy (non-hydrogen) atoms. The first-order valence-corrected chi connectivity index (χ1v) is 12.0. The molecule has 4 heterocycles. The maximum Gasteiger partial charge on any atom is 0.410 e. The molecular formula is C27H29FN6O2. The lowest BCUT2D eigenvalue weighted by atomic mass is 10.1. The third-order valence-electron chi connectivity index (χ3n) is 6.14. The molecule has 4 aromatic rings. The highest BCUT2D eigenvalue weighted by atomic mass is 19.1. The van der Waals surface area contributed by atoms with E-state index >= 15 is 0 Å². The fraction of sp³-hybridized carbons (Fsp3) is 0.333. The van der Waals surface area contributed by atoms with Crippen LogP contribution >= 0.6 is 0 Å². The van der Waals surface area contributed by atoms with Crippen molar-refractivity contribution in [3.63, 3.8) is 0 Å². The van der Waals surface area contributed by atoms with Gasteiger partial charge in [-0.05, 0) is 58.0 Å². The van der Waals surface area contributed by atoms with Crippen LogP contribution in [0.1, 0.15) is 27.7 Å². The largest absolute Gasteiger partial charge is 0.444 e. The van der Waals surface area contributed by atoms with Crippen LogP contribution in [-0.4, -0.2) is 61.8 Å². The van der Waals surface area contributed by atoms with Crippen molar-refractivity contribution in [3.05, 3.63) is 67.0 Å². The normalized spacial score (nSPS) is 16.4. The number of anilines is 1. The van der Waals surface area contributed by atoms with Gasteiger partial charge in [0.15, 0.2) is 5.65 Å². The molecule has 1 saturated heterocycles. The fourth-order valence-corrected chi connectivity index (χ4v) is 4.57. The maximum atomic E-state index is 14.1. The van der Waals surface area contributed by atoms with Gasteiger partial charge >= 0.3 is 6.09 Å². The van der Waals surface area contributed by atoms with Gasteiger partial charge < -0.3 is 19.1 Å². The van der Waals surface area contributed by atoms with E-state index in [2.05, 4.69) is 26.8 Å². The lowest BCUT2D eigenvalue weighted by Crippen LogP contribution is -2.54. The van der Waals surface area contributed by atoms with Crippen molar-refractivity contribution < 1.29 is 13.9 Å². The molecule has 0 radical (unpaired) electrons. The number of piperazine rings is 1. The number of benzene rings is 1. The Kier molecular flexibility index (Phi) is 6.07. The zero-order valence-corrected chi connectivity index (χ0v) is 20.8. The van der Waals surface area contributed by atoms with E-state index < -0.39 is 5.60 Å². The molecule has 1 aromatic carbocycles. The van der Waals surface area contributed by atoms with E-state index in [9.17, 15) is 9.18 Å². The first-order valence-electron chi connectivity index (χ1n) is 12.0. The van der Waals surface area contributed by atoms with Crippen molar-refractivity contribution in [2.24, 2.45) is 0 Å². The Balaban J connectivity index is 1.58. The Bertz CT molecular complexity index is 1400. The minimum atomic E-state index is -0.548. The van der Waals surface area contributed by atoms with Gasteiger partial charge in [-0.15, -0.1) is 0 Å². The molecule has 0 saturated carbocycles. The highest BCUT2D eigenvalue weighted by Crippen LogP contribution is 2.37. The van der Waals surface area contributed by atoms with Gasteiger partial charge in [-0.25, -0.2) is 19.2 Å². The van der Waals surface area contributed by atoms with Gasteiger partial charge in [-0.3, -0.25) is 4.98 Å². The minimum Gasteiger partial charge on any atom is -0.444 e. The summed E-state index contributed by atoms with van der Waals surface area (Å²) in [5.74, 6) is 0.432. The van der Waals surface area contributed by atoms with E-state index in [0.717, 1.165) is 22.5 Å². The molecule has 1 aliphatic rings. The molecule has 0 unspecified atom stereocenters. The molecule has 186 valence electrons. The number of amides is 1. The number of hydrogen-bond donors (Lipinski definition) is 0. The molecule has 9 heteroatoms. The Morgan fingerprint density at radius 1 is 1.08 bits per heavy atom. The predicted octanol–water partition coefficient (Wildman–Crippen LogP) is 5.07. The number of carbonyl (C=O) groups excluding carboxylic acids is 1. The number of halogens is 1. The van der Waals surface area contributed by atoms with Gasteiger partial charge in [0, 0.05) is 49.3 Å². The second-order valence-electron chi connectivity index (χ2n) is 9.97. The maximum absolute atomic E-state index is 14.1. The third-order valence-corrected chi connectivity index (χ3v) is 6.14. The van der Waals surface area contributed by atoms with Gasteiger partial charge in [0.05, 0.1) is 11.1 Å². The zero-order valence-electron chi connectivity index (χ0n) is 20.8. The van der Waals surface area contributed by atoms with Gasteiger partial charge in [0.25, 0.3) is 0 Å². The Morgan fingerprint density at radius 2 is 1.92 bits per heavy atom. The van der Waals surface area contributed by atoms with Crippen LogP contribution < -0.4 is 4.90 Å². The summed E-state index contributed by atoms with van der Waals surface area (Å²) in [5.41, 5.74) is 2.40. The summed E-state index contributed by atoms with van der Waals surface area (Å²) in [5, 5.41) is 0.832. The summed E-state index contributed by atoms with van der Waals surface area (Å²) >= 11 is 0. The Hall–Kier alpha value is -4.01. The molecule has 8 nitrogen and oxygen atoms in total. The quantitative estimate of drug-likeness (QED) is 0.401. The number of fused-ring (bicyclic) bond motifs is 1. The molecule has 1 amide bonds. The standard InChI is InChI=1S/C27H29FN6O2/c1-18-15-32(26(35)36-27(2,3)4)12-13-33(18)24-23-21(22-10-5-6-11-29-22)16-34(25(23)31-17-30-24)20-9-7-8-19(28)14-20/h5-11,14,16-18H,12-13,15H2,1-4H3/t18-/m0/s1. The lowest BCUT2D eigenvalue weighted by molar-refractivity contribution is 0.0218. The van der Waals surface area contributed by atoms with Gasteiger partial charge in [-0.2, -0.15) is 0 Å². The van der Waals surface area contributed by atoms with Crippen molar-refractivity contribution in [2.45, 2.75) is 39.3 Å². The van der Waals surface area contributed by atoms with E-state index in [0.29, 0.717) is 31.0 Å².